The SMILES string of the molecule is O=C(Nc1cc(Cl)c(F)cc1F)[C@@H]1C(O)C(O)(C2CC2)CN1C(=O)O. The Morgan fingerprint density at radius 3 is 2.48 bits per heavy atom. The van der Waals surface area contributed by atoms with Crippen LogP contribution in [-0.4, -0.2) is 56.5 Å². The third-order valence-electron chi connectivity index (χ3n) is 4.64. The van der Waals surface area contributed by atoms with Crippen LogP contribution in [0.2, 0.25) is 5.02 Å². The van der Waals surface area contributed by atoms with Crippen LogP contribution >= 0.6 is 11.6 Å². The van der Waals surface area contributed by atoms with Crippen molar-refractivity contribution in [3.8, 4) is 0 Å². The fourth-order valence-corrected chi connectivity index (χ4v) is 3.32. The molecule has 2 amide bonds. The highest BCUT2D eigenvalue weighted by molar-refractivity contribution is 6.31. The first-order valence-electron chi connectivity index (χ1n) is 7.50. The van der Waals surface area contributed by atoms with Gasteiger partial charge >= 0.3 is 6.09 Å². The first kappa shape index (κ1) is 17.8. The van der Waals surface area contributed by atoms with E-state index in [1.165, 1.54) is 0 Å². The number of aliphatic hydroxyl groups is 2. The third kappa shape index (κ3) is 3.03. The molecule has 0 aromatic heterocycles. The Labute approximate surface area is 145 Å². The predicted octanol–water partition coefficient (Wildman–Crippen LogP) is 1.42. The van der Waals surface area contributed by atoms with Gasteiger partial charge in [-0.15, -0.1) is 0 Å². The molecule has 25 heavy (non-hydrogen) atoms. The summed E-state index contributed by atoms with van der Waals surface area (Å²) in [5.41, 5.74) is -2.20. The van der Waals surface area contributed by atoms with Gasteiger partial charge in [-0.2, -0.15) is 0 Å². The van der Waals surface area contributed by atoms with Gasteiger partial charge in [-0.05, 0) is 24.8 Å². The maximum Gasteiger partial charge on any atom is 0.408 e. The van der Waals surface area contributed by atoms with Gasteiger partial charge in [-0.1, -0.05) is 11.6 Å². The molecule has 0 bridgehead atoms. The van der Waals surface area contributed by atoms with Gasteiger partial charge in [0.05, 0.1) is 17.3 Å². The van der Waals surface area contributed by atoms with Crippen molar-refractivity contribution in [2.24, 2.45) is 5.92 Å². The molecule has 4 N–H and O–H groups in total. The number of amides is 2. The molecule has 1 saturated heterocycles. The number of β-amino-alcohol motifs (C(OH)–C–C–N with tert-alkyl or cyclic N) is 1. The van der Waals surface area contributed by atoms with E-state index in [0.717, 1.165) is 6.07 Å². The number of likely N-dealkylation sites (tertiary alicyclic amines) is 1. The second-order valence-corrected chi connectivity index (χ2v) is 6.71. The van der Waals surface area contributed by atoms with Gasteiger partial charge < -0.3 is 20.6 Å². The first-order valence-corrected chi connectivity index (χ1v) is 7.88. The van der Waals surface area contributed by atoms with E-state index < -0.39 is 58.6 Å². The highest BCUT2D eigenvalue weighted by atomic mass is 35.5. The Hall–Kier alpha value is -1.97. The third-order valence-corrected chi connectivity index (χ3v) is 4.93. The molecule has 2 unspecified atom stereocenters. The van der Waals surface area contributed by atoms with Crippen molar-refractivity contribution in [2.75, 3.05) is 11.9 Å². The van der Waals surface area contributed by atoms with Crippen molar-refractivity contribution < 1.29 is 33.7 Å². The van der Waals surface area contributed by atoms with Crippen LogP contribution in [0.5, 0.6) is 0 Å². The molecule has 1 aliphatic heterocycles. The lowest BCUT2D eigenvalue weighted by Crippen LogP contribution is -2.50. The van der Waals surface area contributed by atoms with E-state index in [0.29, 0.717) is 23.8 Å². The Balaban J connectivity index is 1.87. The van der Waals surface area contributed by atoms with Crippen molar-refractivity contribution >= 4 is 29.3 Å². The van der Waals surface area contributed by atoms with Crippen LogP contribution in [0.3, 0.4) is 0 Å². The van der Waals surface area contributed by atoms with Crippen LogP contribution < -0.4 is 5.32 Å². The minimum absolute atomic E-state index is 0.306. The number of rotatable bonds is 3. The lowest BCUT2D eigenvalue weighted by molar-refractivity contribution is -0.125. The molecule has 1 aromatic carbocycles. The number of hydrogen-bond donors (Lipinski definition) is 4. The largest absolute Gasteiger partial charge is 0.465 e. The number of benzene rings is 1. The van der Waals surface area contributed by atoms with Crippen LogP contribution in [0.1, 0.15) is 12.8 Å². The average molecular weight is 377 g/mol. The predicted molar refractivity (Wildman–Crippen MR) is 82.2 cm³/mol. The molecule has 0 radical (unpaired) electrons. The molecule has 1 heterocycles. The van der Waals surface area contributed by atoms with E-state index in [2.05, 4.69) is 5.32 Å². The molecule has 1 aliphatic carbocycles. The lowest BCUT2D eigenvalue weighted by atomic mass is 9.91. The normalized spacial score (nSPS) is 28.9. The fourth-order valence-electron chi connectivity index (χ4n) is 3.16. The lowest BCUT2D eigenvalue weighted by Gasteiger charge is -2.26. The molecule has 3 atom stereocenters. The van der Waals surface area contributed by atoms with Crippen LogP contribution in [0.15, 0.2) is 12.1 Å². The maximum atomic E-state index is 13.8. The van der Waals surface area contributed by atoms with Crippen LogP contribution in [0.25, 0.3) is 0 Å². The summed E-state index contributed by atoms with van der Waals surface area (Å²) in [5.74, 6) is -3.48. The number of anilines is 1. The summed E-state index contributed by atoms with van der Waals surface area (Å²) in [7, 11) is 0. The molecule has 2 aliphatic rings. The molecular weight excluding hydrogens is 362 g/mol. The smallest absolute Gasteiger partial charge is 0.408 e. The molecule has 10 heteroatoms. The number of aliphatic hydroxyl groups excluding tert-OH is 1. The number of carbonyl (C=O) groups is 2. The Morgan fingerprint density at radius 2 is 1.92 bits per heavy atom. The second-order valence-electron chi connectivity index (χ2n) is 6.30. The summed E-state index contributed by atoms with van der Waals surface area (Å²) in [6, 6.07) is -0.325. The number of carbonyl (C=O) groups excluding carboxylic acids is 1. The molecule has 0 spiro atoms. The summed E-state index contributed by atoms with van der Waals surface area (Å²) in [6.07, 6.45) is -1.96. The van der Waals surface area contributed by atoms with E-state index in [1.807, 2.05) is 0 Å². The number of carboxylic acid groups (broad SMARTS) is 1. The van der Waals surface area contributed by atoms with Gasteiger partial charge in [-0.3, -0.25) is 9.69 Å². The number of nitrogens with one attached hydrogen (secondary N) is 1. The van der Waals surface area contributed by atoms with Gasteiger partial charge in [0.25, 0.3) is 0 Å². The quantitative estimate of drug-likeness (QED) is 0.596. The zero-order chi connectivity index (χ0) is 18.5. The maximum absolute atomic E-state index is 13.8. The van der Waals surface area contributed by atoms with Gasteiger partial charge in [0.1, 0.15) is 29.4 Å². The van der Waals surface area contributed by atoms with Crippen LogP contribution in [-0.2, 0) is 4.79 Å². The van der Waals surface area contributed by atoms with Crippen LogP contribution in [0, 0.1) is 17.6 Å². The van der Waals surface area contributed by atoms with Crippen LogP contribution in [0.4, 0.5) is 19.3 Å². The van der Waals surface area contributed by atoms with E-state index in [9.17, 15) is 33.7 Å². The van der Waals surface area contributed by atoms with Crippen molar-refractivity contribution in [3.63, 3.8) is 0 Å². The monoisotopic (exact) mass is 376 g/mol. The zero-order valence-corrected chi connectivity index (χ0v) is 13.5. The zero-order valence-electron chi connectivity index (χ0n) is 12.7. The van der Waals surface area contributed by atoms with Crippen molar-refractivity contribution in [1.29, 1.82) is 0 Å². The molecule has 7 nitrogen and oxygen atoms in total. The molecular formula is C15H15ClF2N2O5. The van der Waals surface area contributed by atoms with Crippen molar-refractivity contribution in [1.82, 2.24) is 4.90 Å². The molecule has 2 fully saturated rings. The summed E-state index contributed by atoms with van der Waals surface area (Å²) in [4.78, 5) is 24.4. The Morgan fingerprint density at radius 1 is 1.28 bits per heavy atom. The summed E-state index contributed by atoms with van der Waals surface area (Å²) < 4.78 is 26.9. The summed E-state index contributed by atoms with van der Waals surface area (Å²) in [6.45, 7) is -0.432. The summed E-state index contributed by atoms with van der Waals surface area (Å²) in [5, 5.41) is 31.8. The Bertz CT molecular complexity index is 745. The average Bonchev–Trinajstić information content (AvgIpc) is 3.33. The van der Waals surface area contributed by atoms with Crippen molar-refractivity contribution in [3.05, 3.63) is 28.8 Å². The van der Waals surface area contributed by atoms with E-state index in [4.69, 9.17) is 11.6 Å². The molecule has 1 saturated carbocycles. The topological polar surface area (TPSA) is 110 Å². The van der Waals surface area contributed by atoms with Gasteiger partial charge in [-0.25, -0.2) is 13.6 Å². The second kappa shape index (κ2) is 6.08. The summed E-state index contributed by atoms with van der Waals surface area (Å²) >= 11 is 5.54. The molecule has 136 valence electrons. The van der Waals surface area contributed by atoms with Gasteiger partial charge in [0.15, 0.2) is 0 Å². The van der Waals surface area contributed by atoms with Gasteiger partial charge in [0.2, 0.25) is 5.91 Å². The van der Waals surface area contributed by atoms with E-state index in [1.54, 1.807) is 0 Å². The van der Waals surface area contributed by atoms with Gasteiger partial charge in [0, 0.05) is 6.07 Å². The highest BCUT2D eigenvalue weighted by Gasteiger charge is 2.61. The number of nitrogens with zero attached hydrogens (tertiary/aromatic N) is 1. The minimum atomic E-state index is -1.74. The first-order chi connectivity index (χ1) is 11.6. The minimum Gasteiger partial charge on any atom is -0.465 e. The number of hydrogen-bond acceptors (Lipinski definition) is 4. The van der Waals surface area contributed by atoms with E-state index >= 15 is 0 Å². The van der Waals surface area contributed by atoms with E-state index in [-0.39, 0.29) is 5.92 Å². The fraction of sp³-hybridized carbons (Fsp3) is 0.467. The standard InChI is InChI=1S/C15H15ClF2N2O5/c16-7-3-10(9(18)4-8(7)17)19-13(22)11-12(21)15(25,6-1-2-6)5-20(11)14(23)24/h3-4,6,11-12,21,25H,1-2,5H2,(H,19,22)(H,23,24)/t11-,12?,15?/m0/s1. The number of halogens is 3. The Kier molecular flexibility index (Phi) is 4.34. The van der Waals surface area contributed by atoms with Crippen molar-refractivity contribution in [2.45, 2.75) is 30.6 Å². The molecule has 1 aromatic rings. The highest BCUT2D eigenvalue weighted by Crippen LogP contribution is 2.46. The molecule has 3 rings (SSSR count).